The molecule has 0 radical (unpaired) electrons. The molecular formula is C17H24ClFN2O2. The highest BCUT2D eigenvalue weighted by Crippen LogP contribution is 2.32. The Hall–Kier alpha value is -1.33. The van der Waals surface area contributed by atoms with Gasteiger partial charge < -0.3 is 15.4 Å². The second-order valence-electron chi connectivity index (χ2n) is 6.96. The van der Waals surface area contributed by atoms with E-state index < -0.39 is 17.5 Å². The third kappa shape index (κ3) is 6.36. The molecule has 1 aromatic carbocycles. The Morgan fingerprint density at radius 2 is 2.13 bits per heavy atom. The van der Waals surface area contributed by atoms with Crippen LogP contribution in [0.3, 0.4) is 0 Å². The molecule has 1 aliphatic rings. The summed E-state index contributed by atoms with van der Waals surface area (Å²) in [7, 11) is 0. The lowest BCUT2D eigenvalue weighted by Crippen LogP contribution is -2.43. The summed E-state index contributed by atoms with van der Waals surface area (Å²) in [5, 5.41) is 6.34. The molecular weight excluding hydrogens is 319 g/mol. The molecule has 2 N–H and O–H groups in total. The van der Waals surface area contributed by atoms with Crippen molar-refractivity contribution in [2.45, 2.75) is 51.8 Å². The first-order valence-electron chi connectivity index (χ1n) is 7.89. The van der Waals surface area contributed by atoms with E-state index in [9.17, 15) is 9.18 Å². The SMILES string of the molecule is CC(C)(C)OC(=O)NCC(NCc1ccc(F)c(Cl)c1)C1CC1. The molecule has 6 heteroatoms. The molecule has 0 saturated heterocycles. The lowest BCUT2D eigenvalue weighted by molar-refractivity contribution is 0.0521. The number of nitrogens with one attached hydrogen (secondary N) is 2. The van der Waals surface area contributed by atoms with Gasteiger partial charge in [-0.2, -0.15) is 0 Å². The van der Waals surface area contributed by atoms with Gasteiger partial charge in [-0.25, -0.2) is 9.18 Å². The first kappa shape index (κ1) is 18.0. The first-order chi connectivity index (χ1) is 10.7. The van der Waals surface area contributed by atoms with E-state index in [-0.39, 0.29) is 11.1 Å². The van der Waals surface area contributed by atoms with Crippen LogP contribution >= 0.6 is 11.6 Å². The van der Waals surface area contributed by atoms with E-state index in [0.717, 1.165) is 18.4 Å². The van der Waals surface area contributed by atoms with Gasteiger partial charge in [-0.1, -0.05) is 17.7 Å². The van der Waals surface area contributed by atoms with Crippen molar-refractivity contribution < 1.29 is 13.9 Å². The fourth-order valence-corrected chi connectivity index (χ4v) is 2.51. The van der Waals surface area contributed by atoms with Gasteiger partial charge in [0.1, 0.15) is 11.4 Å². The van der Waals surface area contributed by atoms with Gasteiger partial charge in [0.2, 0.25) is 0 Å². The number of halogens is 2. The van der Waals surface area contributed by atoms with Gasteiger partial charge in [0.25, 0.3) is 0 Å². The lowest BCUT2D eigenvalue weighted by Gasteiger charge is -2.22. The summed E-state index contributed by atoms with van der Waals surface area (Å²) >= 11 is 5.79. The molecule has 128 valence electrons. The molecule has 0 aliphatic heterocycles. The Balaban J connectivity index is 1.82. The highest BCUT2D eigenvalue weighted by molar-refractivity contribution is 6.30. The number of carbonyl (C=O) groups excluding carboxylic acids is 1. The molecule has 1 saturated carbocycles. The number of hydrogen-bond acceptors (Lipinski definition) is 3. The van der Waals surface area contributed by atoms with Crippen LogP contribution in [0.2, 0.25) is 5.02 Å². The largest absolute Gasteiger partial charge is 0.444 e. The van der Waals surface area contributed by atoms with Crippen LogP contribution < -0.4 is 10.6 Å². The predicted molar refractivity (Wildman–Crippen MR) is 89.0 cm³/mol. The van der Waals surface area contributed by atoms with E-state index in [1.807, 2.05) is 20.8 Å². The third-order valence-corrected chi connectivity index (χ3v) is 3.90. The lowest BCUT2D eigenvalue weighted by atomic mass is 10.1. The van der Waals surface area contributed by atoms with Gasteiger partial charge in [-0.05, 0) is 57.2 Å². The van der Waals surface area contributed by atoms with Crippen LogP contribution in [0, 0.1) is 11.7 Å². The van der Waals surface area contributed by atoms with Gasteiger partial charge in [0.15, 0.2) is 0 Å². The number of amides is 1. The van der Waals surface area contributed by atoms with Crippen molar-refractivity contribution in [3.63, 3.8) is 0 Å². The number of ether oxygens (including phenoxy) is 1. The fourth-order valence-electron chi connectivity index (χ4n) is 2.31. The van der Waals surface area contributed by atoms with Crippen molar-refractivity contribution in [1.29, 1.82) is 0 Å². The number of carbonyl (C=O) groups is 1. The number of alkyl carbamates (subject to hydrolysis) is 1. The number of benzene rings is 1. The standard InChI is InChI=1S/C17H24ClFN2O2/c1-17(2,3)23-16(22)21-10-15(12-5-6-12)20-9-11-4-7-14(19)13(18)8-11/h4,7-8,12,15,20H,5-6,9-10H2,1-3H3,(H,21,22). The first-order valence-corrected chi connectivity index (χ1v) is 8.26. The molecule has 2 rings (SSSR count). The van der Waals surface area contributed by atoms with E-state index in [2.05, 4.69) is 10.6 Å². The second-order valence-corrected chi connectivity index (χ2v) is 7.36. The Kier molecular flexibility index (Phi) is 5.87. The van der Waals surface area contributed by atoms with E-state index in [1.54, 1.807) is 12.1 Å². The zero-order chi connectivity index (χ0) is 17.0. The molecule has 1 aromatic rings. The maximum absolute atomic E-state index is 13.2. The molecule has 23 heavy (non-hydrogen) atoms. The summed E-state index contributed by atoms with van der Waals surface area (Å²) in [6, 6.07) is 4.87. The van der Waals surface area contributed by atoms with E-state index >= 15 is 0 Å². The van der Waals surface area contributed by atoms with Crippen molar-refractivity contribution in [2.75, 3.05) is 6.54 Å². The Morgan fingerprint density at radius 3 is 2.70 bits per heavy atom. The summed E-state index contributed by atoms with van der Waals surface area (Å²) in [4.78, 5) is 11.7. The molecule has 1 atom stereocenters. The number of hydrogen-bond donors (Lipinski definition) is 2. The van der Waals surface area contributed by atoms with Gasteiger partial charge in [-0.3, -0.25) is 0 Å². The van der Waals surface area contributed by atoms with Crippen LogP contribution in [0.15, 0.2) is 18.2 Å². The predicted octanol–water partition coefficient (Wildman–Crippen LogP) is 3.87. The van der Waals surface area contributed by atoms with Crippen molar-refractivity contribution in [3.8, 4) is 0 Å². The van der Waals surface area contributed by atoms with E-state index in [1.165, 1.54) is 6.07 Å². The van der Waals surface area contributed by atoms with Gasteiger partial charge in [0, 0.05) is 19.1 Å². The average Bonchev–Trinajstić information content (AvgIpc) is 3.25. The number of rotatable bonds is 6. The molecule has 0 heterocycles. The summed E-state index contributed by atoms with van der Waals surface area (Å²) in [6.45, 7) is 6.59. The molecule has 0 spiro atoms. The third-order valence-electron chi connectivity index (χ3n) is 3.61. The zero-order valence-corrected chi connectivity index (χ0v) is 14.5. The minimum atomic E-state index is -0.503. The summed E-state index contributed by atoms with van der Waals surface area (Å²) in [5.41, 5.74) is 0.414. The van der Waals surface area contributed by atoms with Gasteiger partial charge in [-0.15, -0.1) is 0 Å². The van der Waals surface area contributed by atoms with Crippen LogP contribution in [0.1, 0.15) is 39.2 Å². The quantitative estimate of drug-likeness (QED) is 0.825. The van der Waals surface area contributed by atoms with Gasteiger partial charge >= 0.3 is 6.09 Å². The van der Waals surface area contributed by atoms with E-state index in [4.69, 9.17) is 16.3 Å². The van der Waals surface area contributed by atoms with Crippen LogP contribution in [0.5, 0.6) is 0 Å². The molecule has 4 nitrogen and oxygen atoms in total. The summed E-state index contributed by atoms with van der Waals surface area (Å²) < 4.78 is 18.4. The molecule has 0 bridgehead atoms. The fraction of sp³-hybridized carbons (Fsp3) is 0.588. The van der Waals surface area contributed by atoms with Crippen molar-refractivity contribution in [2.24, 2.45) is 5.92 Å². The highest BCUT2D eigenvalue weighted by atomic mass is 35.5. The summed E-state index contributed by atoms with van der Waals surface area (Å²) in [6.07, 6.45) is 1.89. The van der Waals surface area contributed by atoms with Gasteiger partial charge in [0.05, 0.1) is 5.02 Å². The minimum Gasteiger partial charge on any atom is -0.444 e. The highest BCUT2D eigenvalue weighted by Gasteiger charge is 2.31. The smallest absolute Gasteiger partial charge is 0.407 e. The Labute approximate surface area is 141 Å². The minimum absolute atomic E-state index is 0.124. The van der Waals surface area contributed by atoms with E-state index in [0.29, 0.717) is 19.0 Å². The second kappa shape index (κ2) is 7.49. The molecule has 0 aromatic heterocycles. The normalized spacial score (nSPS) is 16.0. The summed E-state index contributed by atoms with van der Waals surface area (Å²) in [5.74, 6) is 0.140. The van der Waals surface area contributed by atoms with Crippen LogP contribution in [-0.4, -0.2) is 24.3 Å². The molecule has 1 fully saturated rings. The maximum atomic E-state index is 13.2. The Morgan fingerprint density at radius 1 is 1.43 bits per heavy atom. The van der Waals surface area contributed by atoms with Crippen molar-refractivity contribution >= 4 is 17.7 Å². The molecule has 1 aliphatic carbocycles. The molecule has 1 amide bonds. The van der Waals surface area contributed by atoms with Crippen molar-refractivity contribution in [1.82, 2.24) is 10.6 Å². The zero-order valence-electron chi connectivity index (χ0n) is 13.8. The average molecular weight is 343 g/mol. The van der Waals surface area contributed by atoms with Crippen molar-refractivity contribution in [3.05, 3.63) is 34.6 Å². The maximum Gasteiger partial charge on any atom is 0.407 e. The topological polar surface area (TPSA) is 50.4 Å². The Bertz CT molecular complexity index is 556. The van der Waals surface area contributed by atoms with Crippen LogP contribution in [-0.2, 0) is 11.3 Å². The van der Waals surface area contributed by atoms with Crippen LogP contribution in [0.4, 0.5) is 9.18 Å². The molecule has 1 unspecified atom stereocenters. The van der Waals surface area contributed by atoms with Crippen LogP contribution in [0.25, 0.3) is 0 Å². The monoisotopic (exact) mass is 342 g/mol.